The molecule has 4 rings (SSSR count). The summed E-state index contributed by atoms with van der Waals surface area (Å²) in [6, 6.07) is 19.7. The smallest absolute Gasteiger partial charge is 0.311 e. The third-order valence-electron chi connectivity index (χ3n) is 6.17. The zero-order valence-electron chi connectivity index (χ0n) is 17.3. The van der Waals surface area contributed by atoms with Crippen LogP contribution in [0.15, 0.2) is 60.7 Å². The summed E-state index contributed by atoms with van der Waals surface area (Å²) in [5.74, 6) is -0.194. The van der Waals surface area contributed by atoms with E-state index in [0.29, 0.717) is 6.61 Å². The molecular weight excluding hydrogens is 374 g/mol. The van der Waals surface area contributed by atoms with E-state index in [1.54, 1.807) is 0 Å². The molecule has 4 nitrogen and oxygen atoms in total. The molecule has 1 fully saturated rings. The fourth-order valence-corrected chi connectivity index (χ4v) is 4.55. The Balaban J connectivity index is 1.43. The van der Waals surface area contributed by atoms with Gasteiger partial charge in [-0.05, 0) is 48.6 Å². The molecule has 0 aliphatic heterocycles. The molecule has 0 radical (unpaired) electrons. The first-order valence-corrected chi connectivity index (χ1v) is 11.0. The van der Waals surface area contributed by atoms with E-state index in [2.05, 4.69) is 11.1 Å². The Morgan fingerprint density at radius 2 is 1.63 bits per heavy atom. The summed E-state index contributed by atoms with van der Waals surface area (Å²) in [5.41, 5.74) is 2.71. The van der Waals surface area contributed by atoms with Crippen LogP contribution in [0.4, 0.5) is 0 Å². The van der Waals surface area contributed by atoms with Gasteiger partial charge >= 0.3 is 5.97 Å². The molecule has 0 saturated heterocycles. The Bertz CT molecular complexity index is 975. The molecule has 30 heavy (non-hydrogen) atoms. The maximum Gasteiger partial charge on any atom is 0.311 e. The van der Waals surface area contributed by atoms with E-state index in [0.717, 1.165) is 53.6 Å². The van der Waals surface area contributed by atoms with Gasteiger partial charge in [0, 0.05) is 5.39 Å². The number of rotatable bonds is 6. The van der Waals surface area contributed by atoms with Gasteiger partial charge in [0.2, 0.25) is 0 Å². The summed E-state index contributed by atoms with van der Waals surface area (Å²) < 4.78 is 5.91. The molecule has 3 aromatic rings. The summed E-state index contributed by atoms with van der Waals surface area (Å²) in [6.45, 7) is 0.384. The summed E-state index contributed by atoms with van der Waals surface area (Å²) in [6.07, 6.45) is 7.99. The summed E-state index contributed by atoms with van der Waals surface area (Å²) in [7, 11) is 0. The first kappa shape index (κ1) is 20.4. The van der Waals surface area contributed by atoms with Crippen molar-refractivity contribution in [3.8, 4) is 5.75 Å². The van der Waals surface area contributed by atoms with Crippen LogP contribution in [-0.2, 0) is 11.4 Å². The molecule has 156 valence electrons. The van der Waals surface area contributed by atoms with E-state index in [1.807, 2.05) is 54.6 Å². The third kappa shape index (κ3) is 4.99. The van der Waals surface area contributed by atoms with Crippen molar-refractivity contribution in [3.63, 3.8) is 0 Å². The molecule has 0 bridgehead atoms. The predicted molar refractivity (Wildman–Crippen MR) is 119 cm³/mol. The Morgan fingerprint density at radius 3 is 2.37 bits per heavy atom. The Morgan fingerprint density at radius 1 is 0.933 bits per heavy atom. The lowest BCUT2D eigenvalue weighted by Gasteiger charge is -2.26. The van der Waals surface area contributed by atoms with Crippen LogP contribution in [0.3, 0.4) is 0 Å². The lowest BCUT2D eigenvalue weighted by molar-refractivity contribution is -0.140. The van der Waals surface area contributed by atoms with E-state index in [-0.39, 0.29) is 5.92 Å². The number of para-hydroxylation sites is 1. The van der Waals surface area contributed by atoms with Gasteiger partial charge in [-0.1, -0.05) is 68.5 Å². The molecule has 1 unspecified atom stereocenters. The van der Waals surface area contributed by atoms with Gasteiger partial charge in [-0.3, -0.25) is 4.79 Å². The lowest BCUT2D eigenvalue weighted by Crippen LogP contribution is -2.22. The number of nitrogens with zero attached hydrogens (tertiary/aromatic N) is 1. The SMILES string of the molecule is O=C(O)C(c1ccc(OCc2ccc3ccccc3n2)cc1)C1CCCCCCC1. The minimum Gasteiger partial charge on any atom is -0.487 e. The van der Waals surface area contributed by atoms with E-state index in [4.69, 9.17) is 4.74 Å². The standard InChI is InChI=1S/C26H29NO3/c28-26(29)25(20-9-4-2-1-3-5-10-20)21-13-16-23(17-14-21)30-18-22-15-12-19-8-6-7-11-24(19)27-22/h6-8,11-17,20,25H,1-5,9-10,18H2,(H,28,29). The van der Waals surface area contributed by atoms with Crippen molar-refractivity contribution in [3.05, 3.63) is 71.9 Å². The molecule has 1 aliphatic rings. The second kappa shape index (κ2) is 9.75. The minimum atomic E-state index is -0.713. The van der Waals surface area contributed by atoms with Gasteiger partial charge in [-0.2, -0.15) is 0 Å². The van der Waals surface area contributed by atoms with Crippen molar-refractivity contribution in [2.24, 2.45) is 5.92 Å². The molecule has 0 spiro atoms. The average molecular weight is 404 g/mol. The zero-order valence-corrected chi connectivity index (χ0v) is 17.3. The van der Waals surface area contributed by atoms with Crippen molar-refractivity contribution in [1.82, 2.24) is 4.98 Å². The van der Waals surface area contributed by atoms with Crippen LogP contribution in [0, 0.1) is 5.92 Å². The zero-order chi connectivity index (χ0) is 20.8. The highest BCUT2D eigenvalue weighted by Crippen LogP contribution is 2.35. The van der Waals surface area contributed by atoms with Crippen LogP contribution >= 0.6 is 0 Å². The van der Waals surface area contributed by atoms with Crippen molar-refractivity contribution < 1.29 is 14.6 Å². The van der Waals surface area contributed by atoms with Crippen LogP contribution in [-0.4, -0.2) is 16.1 Å². The van der Waals surface area contributed by atoms with Crippen molar-refractivity contribution in [2.75, 3.05) is 0 Å². The normalized spacial score (nSPS) is 16.5. The van der Waals surface area contributed by atoms with Gasteiger partial charge in [-0.25, -0.2) is 4.98 Å². The fourth-order valence-electron chi connectivity index (χ4n) is 4.55. The fraction of sp³-hybridized carbons (Fsp3) is 0.385. The molecule has 0 amide bonds. The highest BCUT2D eigenvalue weighted by molar-refractivity contribution is 5.78. The van der Waals surface area contributed by atoms with Gasteiger partial charge in [-0.15, -0.1) is 0 Å². The molecule has 1 aromatic heterocycles. The molecular formula is C26H29NO3. The maximum absolute atomic E-state index is 12.1. The van der Waals surface area contributed by atoms with Crippen molar-refractivity contribution >= 4 is 16.9 Å². The van der Waals surface area contributed by atoms with Gasteiger partial charge < -0.3 is 9.84 Å². The van der Waals surface area contributed by atoms with Gasteiger partial charge in [0.1, 0.15) is 12.4 Å². The van der Waals surface area contributed by atoms with Crippen molar-refractivity contribution in [1.29, 1.82) is 0 Å². The maximum atomic E-state index is 12.1. The van der Waals surface area contributed by atoms with E-state index in [1.165, 1.54) is 19.3 Å². The van der Waals surface area contributed by atoms with E-state index in [9.17, 15) is 9.90 Å². The van der Waals surface area contributed by atoms with Crippen molar-refractivity contribution in [2.45, 2.75) is 57.5 Å². The second-order valence-electron chi connectivity index (χ2n) is 8.27. The molecule has 2 aromatic carbocycles. The monoisotopic (exact) mass is 403 g/mol. The number of benzene rings is 2. The minimum absolute atomic E-state index is 0.219. The topological polar surface area (TPSA) is 59.4 Å². The first-order valence-electron chi connectivity index (χ1n) is 11.0. The van der Waals surface area contributed by atoms with Crippen LogP contribution in [0.2, 0.25) is 0 Å². The number of carbonyl (C=O) groups is 1. The summed E-state index contributed by atoms with van der Waals surface area (Å²) in [5, 5.41) is 11.0. The second-order valence-corrected chi connectivity index (χ2v) is 8.27. The Hall–Kier alpha value is -2.88. The number of aliphatic carboxylic acids is 1. The van der Waals surface area contributed by atoms with Gasteiger partial charge in [0.25, 0.3) is 0 Å². The largest absolute Gasteiger partial charge is 0.487 e. The number of hydrogen-bond acceptors (Lipinski definition) is 3. The van der Waals surface area contributed by atoms with Gasteiger partial charge in [0.05, 0.1) is 17.1 Å². The molecule has 1 saturated carbocycles. The number of aromatic nitrogens is 1. The summed E-state index contributed by atoms with van der Waals surface area (Å²) >= 11 is 0. The van der Waals surface area contributed by atoms with E-state index >= 15 is 0 Å². The highest BCUT2D eigenvalue weighted by Gasteiger charge is 2.29. The number of fused-ring (bicyclic) bond motifs is 1. The quantitative estimate of drug-likeness (QED) is 0.521. The third-order valence-corrected chi connectivity index (χ3v) is 6.17. The number of ether oxygens (including phenoxy) is 1. The number of carboxylic acids is 1. The van der Waals surface area contributed by atoms with Crippen LogP contribution in [0.1, 0.15) is 62.1 Å². The number of pyridine rings is 1. The van der Waals surface area contributed by atoms with Gasteiger partial charge in [0.15, 0.2) is 0 Å². The predicted octanol–water partition coefficient (Wildman–Crippen LogP) is 6.34. The molecule has 4 heteroatoms. The van der Waals surface area contributed by atoms with E-state index < -0.39 is 11.9 Å². The average Bonchev–Trinajstić information content (AvgIpc) is 2.74. The van der Waals surface area contributed by atoms with Crippen LogP contribution in [0.25, 0.3) is 10.9 Å². The summed E-state index contributed by atoms with van der Waals surface area (Å²) in [4.78, 5) is 16.7. The molecule has 1 aliphatic carbocycles. The Labute approximate surface area is 177 Å². The highest BCUT2D eigenvalue weighted by atomic mass is 16.5. The first-order chi connectivity index (χ1) is 14.7. The number of carboxylic acid groups (broad SMARTS) is 1. The van der Waals surface area contributed by atoms with Crippen LogP contribution in [0.5, 0.6) is 5.75 Å². The van der Waals surface area contributed by atoms with Crippen LogP contribution < -0.4 is 4.74 Å². The Kier molecular flexibility index (Phi) is 6.63. The lowest BCUT2D eigenvalue weighted by atomic mass is 9.78. The molecule has 1 heterocycles. The number of hydrogen-bond donors (Lipinski definition) is 1. The molecule has 1 atom stereocenters. The molecule has 1 N–H and O–H groups in total.